The molecule has 10 heteroatoms. The average molecular weight is 544 g/mol. The van der Waals surface area contributed by atoms with Crippen molar-refractivity contribution >= 4 is 17.9 Å². The molecule has 214 valence electrons. The van der Waals surface area contributed by atoms with Gasteiger partial charge in [-0.2, -0.15) is 13.2 Å². The van der Waals surface area contributed by atoms with Crippen LogP contribution in [0.5, 0.6) is 11.5 Å². The van der Waals surface area contributed by atoms with Gasteiger partial charge < -0.3 is 14.6 Å². The molecule has 0 spiro atoms. The summed E-state index contributed by atoms with van der Waals surface area (Å²) in [4.78, 5) is 36.9. The van der Waals surface area contributed by atoms with Crippen LogP contribution in [0.3, 0.4) is 0 Å². The summed E-state index contributed by atoms with van der Waals surface area (Å²) in [6.45, 7) is 15.5. The number of halogens is 3. The van der Waals surface area contributed by atoms with E-state index in [-0.39, 0.29) is 11.9 Å². The third kappa shape index (κ3) is 8.19. The second kappa shape index (κ2) is 12.1. The maximum absolute atomic E-state index is 12.8. The van der Waals surface area contributed by atoms with Crippen molar-refractivity contribution in [1.82, 2.24) is 4.90 Å². The number of carboxylic acid groups (broad SMARTS) is 1. The first-order valence-corrected chi connectivity index (χ1v) is 13.0. The van der Waals surface area contributed by atoms with E-state index in [1.54, 1.807) is 6.07 Å². The lowest BCUT2D eigenvalue weighted by Gasteiger charge is -2.45. The minimum Gasteiger partial charge on any atom is -0.475 e. The summed E-state index contributed by atoms with van der Waals surface area (Å²) in [5, 5.41) is 7.12. The third-order valence-electron chi connectivity index (χ3n) is 6.63. The van der Waals surface area contributed by atoms with E-state index in [1.165, 1.54) is 18.4 Å². The van der Waals surface area contributed by atoms with Crippen LogP contribution in [0, 0.1) is 16.7 Å². The van der Waals surface area contributed by atoms with E-state index in [2.05, 4.69) is 17.9 Å². The Morgan fingerprint density at radius 1 is 0.974 bits per heavy atom. The molecule has 1 N–H and O–H groups in total. The second-order valence-corrected chi connectivity index (χ2v) is 12.0. The molecule has 1 aromatic carbocycles. The van der Waals surface area contributed by atoms with E-state index in [0.29, 0.717) is 23.5 Å². The Hall–Kier alpha value is -2.62. The molecule has 1 saturated heterocycles. The lowest BCUT2D eigenvalue weighted by atomic mass is 9.75. The zero-order chi connectivity index (χ0) is 29.1. The normalized spacial score (nSPS) is 19.8. The molecule has 7 nitrogen and oxygen atoms in total. The Balaban J connectivity index is 0.000000638. The number of likely N-dealkylation sites (tertiary alicyclic amines) is 1. The van der Waals surface area contributed by atoms with Crippen molar-refractivity contribution in [3.05, 3.63) is 23.3 Å². The van der Waals surface area contributed by atoms with E-state index >= 15 is 0 Å². The molecule has 0 unspecified atom stereocenters. The van der Waals surface area contributed by atoms with E-state index in [9.17, 15) is 22.8 Å². The molecule has 1 aliphatic carbocycles. The van der Waals surface area contributed by atoms with Crippen molar-refractivity contribution in [3.8, 4) is 11.5 Å². The highest BCUT2D eigenvalue weighted by Crippen LogP contribution is 2.44. The van der Waals surface area contributed by atoms with Crippen LogP contribution in [0.1, 0.15) is 78.9 Å². The molecule has 1 fully saturated rings. The maximum atomic E-state index is 12.8. The number of benzene rings is 1. The molecule has 1 heterocycles. The maximum Gasteiger partial charge on any atom is 0.490 e. The molecule has 0 saturated carbocycles. The number of esters is 2. The quantitative estimate of drug-likeness (QED) is 0.378. The van der Waals surface area contributed by atoms with Gasteiger partial charge in [0.1, 0.15) is 0 Å². The highest BCUT2D eigenvalue weighted by Gasteiger charge is 2.39. The lowest BCUT2D eigenvalue weighted by Crippen LogP contribution is -2.49. The van der Waals surface area contributed by atoms with Gasteiger partial charge in [-0.25, -0.2) is 4.79 Å². The number of nitrogens with zero attached hydrogens (tertiary/aromatic N) is 1. The van der Waals surface area contributed by atoms with Crippen molar-refractivity contribution in [3.63, 3.8) is 0 Å². The minimum atomic E-state index is -5.08. The van der Waals surface area contributed by atoms with Crippen molar-refractivity contribution in [2.45, 2.75) is 92.8 Å². The van der Waals surface area contributed by atoms with Crippen molar-refractivity contribution < 1.29 is 42.1 Å². The molecule has 0 aromatic heterocycles. The number of rotatable bonds is 4. The van der Waals surface area contributed by atoms with Gasteiger partial charge in [0, 0.05) is 11.6 Å². The Bertz CT molecular complexity index is 1020. The standard InChI is InChI=1S/C26H39NO4.C2HF3O2/c1-8-13-27-14-9-10-18-15-19-17(16-20(18)27)11-12-21(30-23(28)25(2,3)4)22(19)31-24(29)26(5,6)7;3-2(4,5)1(6)7/h11-12,18,20H,8-10,13-16H2,1-7H3;(H,6,7)/t18-,20-;/m1./s1. The minimum absolute atomic E-state index is 0.313. The topological polar surface area (TPSA) is 93.1 Å². The number of fused-ring (bicyclic) bond motifs is 2. The first-order chi connectivity index (χ1) is 17.4. The number of hydrogen-bond donors (Lipinski definition) is 1. The van der Waals surface area contributed by atoms with Gasteiger partial charge in [-0.05, 0) is 104 Å². The molecule has 1 aromatic rings. The fourth-order valence-electron chi connectivity index (χ4n) is 4.55. The SMILES string of the molecule is CCCN1CCC[C@@H]2Cc3c(ccc(OC(=O)C(C)(C)C)c3OC(=O)C(C)(C)C)C[C@H]21.O=C(O)C(F)(F)F. The van der Waals surface area contributed by atoms with E-state index in [4.69, 9.17) is 19.4 Å². The van der Waals surface area contributed by atoms with Gasteiger partial charge in [-0.1, -0.05) is 13.0 Å². The number of carbonyl (C=O) groups excluding carboxylic acids is 2. The monoisotopic (exact) mass is 543 g/mol. The molecular weight excluding hydrogens is 503 g/mol. The highest BCUT2D eigenvalue weighted by molar-refractivity contribution is 5.82. The molecule has 2 atom stereocenters. The van der Waals surface area contributed by atoms with Crippen LogP contribution < -0.4 is 9.47 Å². The Kier molecular flexibility index (Phi) is 10.0. The fraction of sp³-hybridized carbons (Fsp3) is 0.679. The van der Waals surface area contributed by atoms with E-state index < -0.39 is 23.0 Å². The summed E-state index contributed by atoms with van der Waals surface area (Å²) in [7, 11) is 0. The Morgan fingerprint density at radius 3 is 2.03 bits per heavy atom. The van der Waals surface area contributed by atoms with Gasteiger partial charge in [0.05, 0.1) is 10.8 Å². The van der Waals surface area contributed by atoms with Gasteiger partial charge in [-0.3, -0.25) is 14.5 Å². The van der Waals surface area contributed by atoms with Crippen molar-refractivity contribution in [2.24, 2.45) is 16.7 Å². The fourth-order valence-corrected chi connectivity index (χ4v) is 4.55. The largest absolute Gasteiger partial charge is 0.490 e. The average Bonchev–Trinajstić information content (AvgIpc) is 2.78. The molecule has 1 aliphatic heterocycles. The number of piperidine rings is 1. The third-order valence-corrected chi connectivity index (χ3v) is 6.63. The Labute approximate surface area is 222 Å². The highest BCUT2D eigenvalue weighted by atomic mass is 19.4. The van der Waals surface area contributed by atoms with Crippen LogP contribution in [0.2, 0.25) is 0 Å². The van der Waals surface area contributed by atoms with Crippen molar-refractivity contribution in [1.29, 1.82) is 0 Å². The van der Waals surface area contributed by atoms with Gasteiger partial charge in [0.2, 0.25) is 0 Å². The molecule has 0 bridgehead atoms. The zero-order valence-corrected chi connectivity index (χ0v) is 23.3. The second-order valence-electron chi connectivity index (χ2n) is 12.0. The number of ether oxygens (including phenoxy) is 2. The summed E-state index contributed by atoms with van der Waals surface area (Å²) in [5.74, 6) is -2.06. The first kappa shape index (κ1) is 31.6. The van der Waals surface area contributed by atoms with Crippen LogP contribution in [0.25, 0.3) is 0 Å². The number of carbonyl (C=O) groups is 3. The Morgan fingerprint density at radius 2 is 1.53 bits per heavy atom. The molecule has 0 amide bonds. The molecule has 2 aliphatic rings. The number of carboxylic acids is 1. The number of aliphatic carboxylic acids is 1. The molecule has 3 rings (SSSR count). The lowest BCUT2D eigenvalue weighted by molar-refractivity contribution is -0.192. The smallest absolute Gasteiger partial charge is 0.475 e. The van der Waals surface area contributed by atoms with Crippen LogP contribution >= 0.6 is 0 Å². The van der Waals surface area contributed by atoms with Gasteiger partial charge in [0.25, 0.3) is 0 Å². The molecule has 0 radical (unpaired) electrons. The summed E-state index contributed by atoms with van der Waals surface area (Å²) in [5.41, 5.74) is 0.956. The number of hydrogen-bond acceptors (Lipinski definition) is 6. The van der Waals surface area contributed by atoms with Crippen LogP contribution in [0.4, 0.5) is 13.2 Å². The summed E-state index contributed by atoms with van der Waals surface area (Å²) >= 11 is 0. The summed E-state index contributed by atoms with van der Waals surface area (Å²) in [6, 6.07) is 4.40. The van der Waals surface area contributed by atoms with Gasteiger partial charge >= 0.3 is 24.1 Å². The summed E-state index contributed by atoms with van der Waals surface area (Å²) in [6.07, 6.45) is 0.267. The number of alkyl halides is 3. The molecular formula is C28H40F3NO6. The molecule has 38 heavy (non-hydrogen) atoms. The van der Waals surface area contributed by atoms with Crippen LogP contribution in [0.15, 0.2) is 12.1 Å². The van der Waals surface area contributed by atoms with Crippen LogP contribution in [-0.4, -0.2) is 53.2 Å². The van der Waals surface area contributed by atoms with E-state index in [1.807, 2.05) is 41.5 Å². The summed E-state index contributed by atoms with van der Waals surface area (Å²) < 4.78 is 43.4. The zero-order valence-electron chi connectivity index (χ0n) is 23.3. The first-order valence-electron chi connectivity index (χ1n) is 13.0. The predicted molar refractivity (Wildman–Crippen MR) is 136 cm³/mol. The predicted octanol–water partition coefficient (Wildman–Crippen LogP) is 5.81. The van der Waals surface area contributed by atoms with E-state index in [0.717, 1.165) is 37.9 Å². The van der Waals surface area contributed by atoms with Crippen molar-refractivity contribution in [2.75, 3.05) is 13.1 Å². The van der Waals surface area contributed by atoms with Crippen LogP contribution in [-0.2, 0) is 27.2 Å². The van der Waals surface area contributed by atoms with Gasteiger partial charge in [-0.15, -0.1) is 0 Å². The van der Waals surface area contributed by atoms with Gasteiger partial charge in [0.15, 0.2) is 11.5 Å².